The molecule has 0 spiro atoms. The van der Waals surface area contributed by atoms with Gasteiger partial charge < -0.3 is 0 Å². The van der Waals surface area contributed by atoms with E-state index in [1.807, 2.05) is 0 Å². The van der Waals surface area contributed by atoms with E-state index in [1.54, 1.807) is 31.0 Å². The van der Waals surface area contributed by atoms with Crippen LogP contribution in [0.4, 0.5) is 4.39 Å². The maximum Gasteiger partial charge on any atom is 0.243 e. The Bertz CT molecular complexity index is 725. The number of hydrogen-bond acceptors (Lipinski definition) is 3. The zero-order valence-corrected chi connectivity index (χ0v) is 12.4. The molecule has 0 N–H and O–H groups in total. The van der Waals surface area contributed by atoms with Crippen LogP contribution >= 0.6 is 0 Å². The molecule has 108 valence electrons. The predicted octanol–water partition coefficient (Wildman–Crippen LogP) is 1.69. The molecule has 0 aliphatic heterocycles. The van der Waals surface area contributed by atoms with Crippen LogP contribution in [0.2, 0.25) is 0 Å². The highest BCUT2D eigenvalue weighted by atomic mass is 32.2. The number of hydrogen-bond donors (Lipinski definition) is 0. The zero-order chi connectivity index (χ0) is 14.9. The fraction of sp³-hybridized carbons (Fsp3) is 0.308. The van der Waals surface area contributed by atoms with Gasteiger partial charge in [0.1, 0.15) is 5.82 Å². The SMILES string of the molecule is Cc1cc(F)ccc1S(=O)(=O)N(C)Cc1cnn(C)c1. The van der Waals surface area contributed by atoms with Gasteiger partial charge in [0.05, 0.1) is 11.1 Å². The third-order valence-electron chi connectivity index (χ3n) is 2.99. The molecule has 0 unspecified atom stereocenters. The van der Waals surface area contributed by atoms with Crippen molar-refractivity contribution in [1.82, 2.24) is 14.1 Å². The van der Waals surface area contributed by atoms with E-state index in [2.05, 4.69) is 5.10 Å². The minimum atomic E-state index is -3.65. The summed E-state index contributed by atoms with van der Waals surface area (Å²) in [5.41, 5.74) is 1.18. The first-order valence-electron chi connectivity index (χ1n) is 6.01. The van der Waals surface area contributed by atoms with Crippen molar-refractivity contribution in [3.63, 3.8) is 0 Å². The van der Waals surface area contributed by atoms with Crippen LogP contribution in [0.3, 0.4) is 0 Å². The molecule has 0 aliphatic carbocycles. The third kappa shape index (κ3) is 2.88. The highest BCUT2D eigenvalue weighted by Gasteiger charge is 2.23. The van der Waals surface area contributed by atoms with E-state index >= 15 is 0 Å². The van der Waals surface area contributed by atoms with Crippen LogP contribution in [0.1, 0.15) is 11.1 Å². The van der Waals surface area contributed by atoms with Crippen LogP contribution in [0.15, 0.2) is 35.5 Å². The second kappa shape index (κ2) is 5.34. The Morgan fingerprint density at radius 1 is 1.40 bits per heavy atom. The van der Waals surface area contributed by atoms with Gasteiger partial charge in [-0.1, -0.05) is 0 Å². The van der Waals surface area contributed by atoms with E-state index in [4.69, 9.17) is 0 Å². The van der Waals surface area contributed by atoms with Crippen LogP contribution in [0.25, 0.3) is 0 Å². The lowest BCUT2D eigenvalue weighted by Gasteiger charge is -2.17. The van der Waals surface area contributed by atoms with Gasteiger partial charge in [-0.15, -0.1) is 0 Å². The standard InChI is InChI=1S/C13H16FN3O2S/c1-10-6-12(14)4-5-13(10)20(18,19)17(3)9-11-7-15-16(2)8-11/h4-8H,9H2,1-3H3. The average Bonchev–Trinajstić information content (AvgIpc) is 2.74. The van der Waals surface area contributed by atoms with Crippen LogP contribution < -0.4 is 0 Å². The second-order valence-corrected chi connectivity index (χ2v) is 6.71. The van der Waals surface area contributed by atoms with Crippen molar-refractivity contribution in [2.45, 2.75) is 18.4 Å². The molecule has 0 saturated carbocycles. The van der Waals surface area contributed by atoms with Gasteiger partial charge >= 0.3 is 0 Å². The predicted molar refractivity (Wildman–Crippen MR) is 73.0 cm³/mol. The minimum Gasteiger partial charge on any atom is -0.275 e. The van der Waals surface area contributed by atoms with Crippen molar-refractivity contribution >= 4 is 10.0 Å². The van der Waals surface area contributed by atoms with Gasteiger partial charge in [0.25, 0.3) is 0 Å². The zero-order valence-electron chi connectivity index (χ0n) is 11.5. The minimum absolute atomic E-state index is 0.116. The normalized spacial score (nSPS) is 12.1. The van der Waals surface area contributed by atoms with Crippen molar-refractivity contribution < 1.29 is 12.8 Å². The molecule has 1 heterocycles. The van der Waals surface area contributed by atoms with Crippen molar-refractivity contribution in [1.29, 1.82) is 0 Å². The van der Waals surface area contributed by atoms with Crippen molar-refractivity contribution in [3.05, 3.63) is 47.5 Å². The number of halogens is 1. The van der Waals surface area contributed by atoms with Gasteiger partial charge in [-0.05, 0) is 30.7 Å². The Hall–Kier alpha value is -1.73. The summed E-state index contributed by atoms with van der Waals surface area (Å²) in [6, 6.07) is 3.66. The van der Waals surface area contributed by atoms with Crippen LogP contribution in [0.5, 0.6) is 0 Å². The number of benzene rings is 1. The molecule has 0 bridgehead atoms. The highest BCUT2D eigenvalue weighted by molar-refractivity contribution is 7.89. The number of aromatic nitrogens is 2. The van der Waals surface area contributed by atoms with Gasteiger partial charge in [-0.3, -0.25) is 4.68 Å². The highest BCUT2D eigenvalue weighted by Crippen LogP contribution is 2.21. The molecule has 7 heteroatoms. The number of rotatable bonds is 4. The third-order valence-corrected chi connectivity index (χ3v) is 4.95. The molecule has 20 heavy (non-hydrogen) atoms. The lowest BCUT2D eigenvalue weighted by atomic mass is 10.2. The number of sulfonamides is 1. The lowest BCUT2D eigenvalue weighted by molar-refractivity contribution is 0.466. The molecular weight excluding hydrogens is 281 g/mol. The van der Waals surface area contributed by atoms with Gasteiger partial charge in [0.2, 0.25) is 10.0 Å². The molecule has 2 rings (SSSR count). The van der Waals surface area contributed by atoms with E-state index in [9.17, 15) is 12.8 Å². The summed E-state index contributed by atoms with van der Waals surface area (Å²) in [5, 5.41) is 4.00. The molecule has 5 nitrogen and oxygen atoms in total. The monoisotopic (exact) mass is 297 g/mol. The van der Waals surface area contributed by atoms with Gasteiger partial charge in [0, 0.05) is 32.4 Å². The molecule has 0 saturated heterocycles. The lowest BCUT2D eigenvalue weighted by Crippen LogP contribution is -2.27. The van der Waals surface area contributed by atoms with Crippen LogP contribution in [0, 0.1) is 12.7 Å². The summed E-state index contributed by atoms with van der Waals surface area (Å²) >= 11 is 0. The summed E-state index contributed by atoms with van der Waals surface area (Å²) in [5.74, 6) is -0.448. The van der Waals surface area contributed by atoms with Gasteiger partial charge in [0.15, 0.2) is 0 Å². The molecule has 0 atom stereocenters. The Morgan fingerprint density at radius 3 is 2.65 bits per heavy atom. The molecule has 0 amide bonds. The largest absolute Gasteiger partial charge is 0.275 e. The Balaban J connectivity index is 2.29. The van der Waals surface area contributed by atoms with E-state index in [0.717, 1.165) is 11.6 Å². The van der Waals surface area contributed by atoms with Gasteiger partial charge in [-0.25, -0.2) is 12.8 Å². The molecule has 1 aromatic heterocycles. The van der Waals surface area contributed by atoms with Crippen LogP contribution in [-0.2, 0) is 23.6 Å². The van der Waals surface area contributed by atoms with Gasteiger partial charge in [-0.2, -0.15) is 9.40 Å². The summed E-state index contributed by atoms with van der Waals surface area (Å²) in [4.78, 5) is 0.116. The second-order valence-electron chi connectivity index (χ2n) is 4.69. The van der Waals surface area contributed by atoms with Crippen molar-refractivity contribution in [2.24, 2.45) is 7.05 Å². The maximum atomic E-state index is 13.1. The molecular formula is C13H16FN3O2S. The maximum absolute atomic E-state index is 13.1. The van der Waals surface area contributed by atoms with E-state index in [0.29, 0.717) is 5.56 Å². The Kier molecular flexibility index (Phi) is 3.92. The summed E-state index contributed by atoms with van der Waals surface area (Å²) in [6.45, 7) is 1.79. The van der Waals surface area contributed by atoms with E-state index in [1.165, 1.54) is 23.5 Å². The first kappa shape index (κ1) is 14.7. The van der Waals surface area contributed by atoms with E-state index in [-0.39, 0.29) is 11.4 Å². The molecule has 2 aromatic rings. The molecule has 1 aromatic carbocycles. The Labute approximate surface area is 117 Å². The summed E-state index contributed by atoms with van der Waals surface area (Å²) in [7, 11) is -0.389. The van der Waals surface area contributed by atoms with Crippen LogP contribution in [-0.4, -0.2) is 29.6 Å². The molecule has 0 fully saturated rings. The number of aryl methyl sites for hydroxylation is 2. The van der Waals surface area contributed by atoms with E-state index < -0.39 is 15.8 Å². The molecule has 0 aliphatic rings. The fourth-order valence-electron chi connectivity index (χ4n) is 1.97. The summed E-state index contributed by atoms with van der Waals surface area (Å²) in [6.07, 6.45) is 3.37. The first-order valence-corrected chi connectivity index (χ1v) is 7.45. The summed E-state index contributed by atoms with van der Waals surface area (Å²) < 4.78 is 40.8. The smallest absolute Gasteiger partial charge is 0.243 e. The van der Waals surface area contributed by atoms with Crippen molar-refractivity contribution in [3.8, 4) is 0 Å². The fourth-order valence-corrected chi connectivity index (χ4v) is 3.33. The van der Waals surface area contributed by atoms with Crippen molar-refractivity contribution in [2.75, 3.05) is 7.05 Å². The number of nitrogens with zero attached hydrogens (tertiary/aromatic N) is 3. The molecule has 0 radical (unpaired) electrons. The average molecular weight is 297 g/mol. The topological polar surface area (TPSA) is 55.2 Å². The quantitative estimate of drug-likeness (QED) is 0.863. The Morgan fingerprint density at radius 2 is 2.10 bits per heavy atom. The first-order chi connectivity index (χ1) is 9.30.